The van der Waals surface area contributed by atoms with Crippen LogP contribution in [0.4, 0.5) is 0 Å². The number of rotatable bonds is 3. The Morgan fingerprint density at radius 3 is 2.83 bits per heavy atom. The lowest BCUT2D eigenvalue weighted by Gasteiger charge is -2.11. The minimum Gasteiger partial charge on any atom is -0.460 e. The van der Waals surface area contributed by atoms with Crippen molar-refractivity contribution in [3.63, 3.8) is 0 Å². The Morgan fingerprint density at radius 1 is 1.26 bits per heavy atom. The van der Waals surface area contributed by atoms with Gasteiger partial charge in [0.15, 0.2) is 5.78 Å². The number of cyclic esters (lactones) is 1. The molecule has 1 aliphatic heterocycles. The van der Waals surface area contributed by atoms with Crippen LogP contribution >= 0.6 is 0 Å². The van der Waals surface area contributed by atoms with Gasteiger partial charge in [0.05, 0.1) is 12.5 Å². The van der Waals surface area contributed by atoms with Crippen LogP contribution in [0.15, 0.2) is 18.2 Å². The second-order valence-corrected chi connectivity index (χ2v) is 6.33. The molecule has 0 saturated carbocycles. The van der Waals surface area contributed by atoms with E-state index in [2.05, 4.69) is 5.32 Å². The number of esters is 1. The second-order valence-electron chi connectivity index (χ2n) is 6.33. The molecule has 1 heterocycles. The summed E-state index contributed by atoms with van der Waals surface area (Å²) in [5, 5.41) is 2.68. The maximum absolute atomic E-state index is 12.2. The number of nitrogens with one attached hydrogen (secondary N) is 1. The zero-order valence-corrected chi connectivity index (χ0v) is 13.3. The van der Waals surface area contributed by atoms with E-state index < -0.39 is 0 Å². The Balaban J connectivity index is 1.78. The number of fused-ring (bicyclic) bond motifs is 1. The molecule has 3 rings (SSSR count). The van der Waals surface area contributed by atoms with Gasteiger partial charge in [-0.05, 0) is 36.5 Å². The van der Waals surface area contributed by atoms with E-state index in [0.29, 0.717) is 19.4 Å². The summed E-state index contributed by atoms with van der Waals surface area (Å²) in [5.41, 5.74) is 2.69. The molecule has 1 amide bonds. The van der Waals surface area contributed by atoms with Gasteiger partial charge >= 0.3 is 5.97 Å². The third-order valence-corrected chi connectivity index (χ3v) is 4.58. The summed E-state index contributed by atoms with van der Waals surface area (Å²) < 4.78 is 5.34. The summed E-state index contributed by atoms with van der Waals surface area (Å²) in [4.78, 5) is 35.3. The van der Waals surface area contributed by atoms with Crippen molar-refractivity contribution in [1.82, 2.24) is 5.32 Å². The Bertz CT molecular complexity index is 652. The summed E-state index contributed by atoms with van der Waals surface area (Å²) in [6, 6.07) is 5.78. The molecular formula is C18H21NO4. The minimum atomic E-state index is -0.352. The van der Waals surface area contributed by atoms with Crippen LogP contribution in [-0.2, 0) is 20.7 Å². The molecule has 0 spiro atoms. The van der Waals surface area contributed by atoms with Crippen LogP contribution in [0.2, 0.25) is 0 Å². The van der Waals surface area contributed by atoms with Gasteiger partial charge in [-0.1, -0.05) is 12.1 Å². The van der Waals surface area contributed by atoms with E-state index in [1.54, 1.807) is 0 Å². The lowest BCUT2D eigenvalue weighted by molar-refractivity contribution is -0.142. The molecule has 2 unspecified atom stereocenters. The number of hydrogen-bond acceptors (Lipinski definition) is 4. The molecule has 0 bridgehead atoms. The summed E-state index contributed by atoms with van der Waals surface area (Å²) >= 11 is 0. The highest BCUT2D eigenvalue weighted by molar-refractivity contribution is 5.98. The first-order valence-corrected chi connectivity index (χ1v) is 8.15. The molecule has 1 fully saturated rings. The Morgan fingerprint density at radius 2 is 2.04 bits per heavy atom. The summed E-state index contributed by atoms with van der Waals surface area (Å²) in [6.07, 6.45) is 3.69. The van der Waals surface area contributed by atoms with Gasteiger partial charge in [-0.15, -0.1) is 0 Å². The van der Waals surface area contributed by atoms with Crippen LogP contribution < -0.4 is 5.32 Å². The third kappa shape index (κ3) is 3.44. The van der Waals surface area contributed by atoms with Gasteiger partial charge in [0.25, 0.3) is 0 Å². The van der Waals surface area contributed by atoms with Gasteiger partial charge in [-0.2, -0.15) is 0 Å². The smallest absolute Gasteiger partial charge is 0.313 e. The van der Waals surface area contributed by atoms with Crippen molar-refractivity contribution in [2.75, 3.05) is 6.54 Å². The fourth-order valence-corrected chi connectivity index (χ4v) is 3.33. The van der Waals surface area contributed by atoms with E-state index in [1.165, 1.54) is 6.92 Å². The van der Waals surface area contributed by atoms with E-state index in [-0.39, 0.29) is 29.7 Å². The average Bonchev–Trinajstić information content (AvgIpc) is 2.80. The molecule has 2 aliphatic rings. The first kappa shape index (κ1) is 15.7. The highest BCUT2D eigenvalue weighted by Gasteiger charge is 2.36. The quantitative estimate of drug-likeness (QED) is 0.685. The summed E-state index contributed by atoms with van der Waals surface area (Å²) in [5.74, 6) is -0.600. The molecule has 1 aromatic rings. The van der Waals surface area contributed by atoms with E-state index in [4.69, 9.17) is 4.74 Å². The number of hydrogen-bond donors (Lipinski definition) is 1. The maximum atomic E-state index is 12.2. The molecule has 2 atom stereocenters. The third-order valence-electron chi connectivity index (χ3n) is 4.58. The molecule has 1 aliphatic carbocycles. The number of ketones is 1. The number of benzene rings is 1. The number of aryl methyl sites for hydroxylation is 1. The van der Waals surface area contributed by atoms with Crippen LogP contribution in [-0.4, -0.2) is 30.3 Å². The maximum Gasteiger partial charge on any atom is 0.313 e. The largest absolute Gasteiger partial charge is 0.460 e. The number of carbonyl (C=O) groups excluding carboxylic acids is 3. The first-order chi connectivity index (χ1) is 11.0. The normalized spacial score (nSPS) is 23.9. The Labute approximate surface area is 135 Å². The highest BCUT2D eigenvalue weighted by Crippen LogP contribution is 2.33. The predicted molar refractivity (Wildman–Crippen MR) is 84.2 cm³/mol. The molecule has 5 nitrogen and oxygen atoms in total. The highest BCUT2D eigenvalue weighted by atomic mass is 16.6. The van der Waals surface area contributed by atoms with E-state index in [0.717, 1.165) is 36.0 Å². The second kappa shape index (κ2) is 6.52. The van der Waals surface area contributed by atoms with Gasteiger partial charge in [0.1, 0.15) is 6.10 Å². The SMILES string of the molecule is CC(=O)NCC1CC(c2ccc3c(c2)C(=O)CCCC3)C(=O)O1. The Hall–Kier alpha value is -2.17. The fraction of sp³-hybridized carbons (Fsp3) is 0.500. The average molecular weight is 315 g/mol. The van der Waals surface area contributed by atoms with Gasteiger partial charge in [0.2, 0.25) is 5.91 Å². The zero-order chi connectivity index (χ0) is 16.4. The first-order valence-electron chi connectivity index (χ1n) is 8.15. The zero-order valence-electron chi connectivity index (χ0n) is 13.3. The molecule has 0 aromatic heterocycles. The van der Waals surface area contributed by atoms with Crippen molar-refractivity contribution in [3.05, 3.63) is 34.9 Å². The molecule has 0 radical (unpaired) electrons. The van der Waals surface area contributed by atoms with Gasteiger partial charge in [-0.25, -0.2) is 0 Å². The minimum absolute atomic E-state index is 0.139. The van der Waals surface area contributed by atoms with E-state index in [1.807, 2.05) is 18.2 Å². The molecular weight excluding hydrogens is 294 g/mol. The summed E-state index contributed by atoms with van der Waals surface area (Å²) in [6.45, 7) is 1.77. The standard InChI is InChI=1S/C18H21NO4/c1-11(20)19-10-14-9-16(18(22)23-14)13-7-6-12-4-2-3-5-17(21)15(12)8-13/h6-8,14,16H,2-5,9-10H2,1H3,(H,19,20). The number of carbonyl (C=O) groups is 3. The molecule has 122 valence electrons. The van der Waals surface area contributed by atoms with Crippen LogP contribution in [0.5, 0.6) is 0 Å². The Kier molecular flexibility index (Phi) is 4.46. The van der Waals surface area contributed by atoms with Crippen molar-refractivity contribution in [2.24, 2.45) is 0 Å². The molecule has 1 aromatic carbocycles. The van der Waals surface area contributed by atoms with Gasteiger partial charge in [0, 0.05) is 25.3 Å². The van der Waals surface area contributed by atoms with Crippen LogP contribution in [0.3, 0.4) is 0 Å². The number of Topliss-reactive ketones (excluding diaryl/α,β-unsaturated/α-hetero) is 1. The van der Waals surface area contributed by atoms with Crippen molar-refractivity contribution >= 4 is 17.7 Å². The molecule has 1 N–H and O–H groups in total. The molecule has 5 heteroatoms. The number of amides is 1. The molecule has 1 saturated heterocycles. The van der Waals surface area contributed by atoms with Crippen molar-refractivity contribution in [2.45, 2.75) is 51.0 Å². The van der Waals surface area contributed by atoms with Crippen molar-refractivity contribution in [1.29, 1.82) is 0 Å². The van der Waals surface area contributed by atoms with E-state index >= 15 is 0 Å². The topological polar surface area (TPSA) is 72.5 Å². The van der Waals surface area contributed by atoms with Crippen molar-refractivity contribution < 1.29 is 19.1 Å². The van der Waals surface area contributed by atoms with Gasteiger partial charge < -0.3 is 10.1 Å². The summed E-state index contributed by atoms with van der Waals surface area (Å²) in [7, 11) is 0. The fourth-order valence-electron chi connectivity index (χ4n) is 3.33. The molecule has 23 heavy (non-hydrogen) atoms. The van der Waals surface area contributed by atoms with Crippen LogP contribution in [0.1, 0.15) is 60.0 Å². The van der Waals surface area contributed by atoms with Crippen LogP contribution in [0, 0.1) is 0 Å². The number of ether oxygens (including phenoxy) is 1. The lowest BCUT2D eigenvalue weighted by Crippen LogP contribution is -2.30. The van der Waals surface area contributed by atoms with Crippen LogP contribution in [0.25, 0.3) is 0 Å². The van der Waals surface area contributed by atoms with Crippen molar-refractivity contribution in [3.8, 4) is 0 Å². The monoisotopic (exact) mass is 315 g/mol. The van der Waals surface area contributed by atoms with E-state index in [9.17, 15) is 14.4 Å². The van der Waals surface area contributed by atoms with Gasteiger partial charge in [-0.3, -0.25) is 14.4 Å². The lowest BCUT2D eigenvalue weighted by atomic mass is 9.91. The predicted octanol–water partition coefficient (Wildman–Crippen LogP) is 2.13.